The third kappa shape index (κ3) is 5.17. The Morgan fingerprint density at radius 1 is 1.25 bits per heavy atom. The molecule has 0 aliphatic rings. The molecule has 1 N–H and O–H groups in total. The standard InChI is InChI=1S/C15H11ClF2N2O4/c16-12-7-9(5-6-19-12)14(22)23-8-13(21)20-10-3-1-2-4-11(10)24-15(17)18/h1-7,15H,8H2,(H,20,21). The molecule has 0 saturated carbocycles. The number of aromatic nitrogens is 1. The lowest BCUT2D eigenvalue weighted by Crippen LogP contribution is -2.21. The Kier molecular flexibility index (Phi) is 6.02. The molecule has 0 radical (unpaired) electrons. The molecule has 0 spiro atoms. The van der Waals surface area contributed by atoms with Crippen LogP contribution in [0.2, 0.25) is 5.15 Å². The number of carbonyl (C=O) groups is 2. The molecule has 0 unspecified atom stereocenters. The highest BCUT2D eigenvalue weighted by Crippen LogP contribution is 2.25. The molecule has 0 aliphatic carbocycles. The monoisotopic (exact) mass is 356 g/mol. The number of nitrogens with one attached hydrogen (secondary N) is 1. The average molecular weight is 357 g/mol. The maximum absolute atomic E-state index is 12.3. The molecular formula is C15H11ClF2N2O4. The van der Waals surface area contributed by atoms with Crippen molar-refractivity contribution in [1.29, 1.82) is 0 Å². The molecule has 9 heteroatoms. The minimum absolute atomic E-state index is 0.0332. The third-order valence-electron chi connectivity index (χ3n) is 2.67. The number of hydrogen-bond acceptors (Lipinski definition) is 5. The molecule has 24 heavy (non-hydrogen) atoms. The molecule has 0 aliphatic heterocycles. The maximum atomic E-state index is 12.3. The number of ether oxygens (including phenoxy) is 2. The van der Waals surface area contributed by atoms with Gasteiger partial charge in [0.05, 0.1) is 11.3 Å². The molecule has 0 fully saturated rings. The van der Waals surface area contributed by atoms with Gasteiger partial charge in [0, 0.05) is 6.20 Å². The van der Waals surface area contributed by atoms with Gasteiger partial charge in [-0.25, -0.2) is 9.78 Å². The first-order valence-corrected chi connectivity index (χ1v) is 6.96. The zero-order chi connectivity index (χ0) is 17.5. The summed E-state index contributed by atoms with van der Waals surface area (Å²) in [6.45, 7) is -3.64. The van der Waals surface area contributed by atoms with E-state index in [2.05, 4.69) is 15.0 Å². The summed E-state index contributed by atoms with van der Waals surface area (Å²) in [5.74, 6) is -1.69. The smallest absolute Gasteiger partial charge is 0.387 e. The van der Waals surface area contributed by atoms with E-state index in [1.54, 1.807) is 0 Å². The molecule has 2 rings (SSSR count). The lowest BCUT2D eigenvalue weighted by Gasteiger charge is -2.11. The minimum Gasteiger partial charge on any atom is -0.452 e. The number of amides is 1. The van der Waals surface area contributed by atoms with Gasteiger partial charge in [-0.1, -0.05) is 23.7 Å². The number of halogens is 3. The first-order valence-electron chi connectivity index (χ1n) is 6.58. The first-order chi connectivity index (χ1) is 11.5. The molecule has 1 heterocycles. The SMILES string of the molecule is O=C(COC(=O)c1ccnc(Cl)c1)Nc1ccccc1OC(F)F. The van der Waals surface area contributed by atoms with E-state index in [0.29, 0.717) is 0 Å². The number of esters is 1. The number of para-hydroxylation sites is 2. The number of alkyl halides is 2. The van der Waals surface area contributed by atoms with E-state index in [0.717, 1.165) is 0 Å². The van der Waals surface area contributed by atoms with Crippen LogP contribution in [-0.4, -0.2) is 30.1 Å². The lowest BCUT2D eigenvalue weighted by atomic mass is 10.3. The van der Waals surface area contributed by atoms with Crippen molar-refractivity contribution < 1.29 is 27.8 Å². The van der Waals surface area contributed by atoms with Crippen molar-refractivity contribution in [3.8, 4) is 5.75 Å². The predicted octanol–water partition coefficient (Wildman–Crippen LogP) is 3.13. The number of benzene rings is 1. The van der Waals surface area contributed by atoms with E-state index in [1.807, 2.05) is 0 Å². The van der Waals surface area contributed by atoms with Gasteiger partial charge < -0.3 is 14.8 Å². The topological polar surface area (TPSA) is 77.5 Å². The Morgan fingerprint density at radius 3 is 2.71 bits per heavy atom. The second kappa shape index (κ2) is 8.21. The van der Waals surface area contributed by atoms with E-state index in [9.17, 15) is 18.4 Å². The second-order valence-electron chi connectivity index (χ2n) is 4.37. The molecule has 1 amide bonds. The van der Waals surface area contributed by atoms with Crippen molar-refractivity contribution in [3.05, 3.63) is 53.3 Å². The average Bonchev–Trinajstić information content (AvgIpc) is 2.54. The van der Waals surface area contributed by atoms with Crippen molar-refractivity contribution in [2.45, 2.75) is 6.61 Å². The van der Waals surface area contributed by atoms with Crippen LogP contribution >= 0.6 is 11.6 Å². The zero-order valence-electron chi connectivity index (χ0n) is 12.0. The van der Waals surface area contributed by atoms with Crippen LogP contribution in [-0.2, 0) is 9.53 Å². The second-order valence-corrected chi connectivity index (χ2v) is 4.75. The molecule has 0 bridgehead atoms. The van der Waals surface area contributed by atoms with Crippen molar-refractivity contribution >= 4 is 29.2 Å². The zero-order valence-corrected chi connectivity index (χ0v) is 12.8. The number of rotatable bonds is 6. The summed E-state index contributed by atoms with van der Waals surface area (Å²) in [5.41, 5.74) is 0.162. The van der Waals surface area contributed by atoms with Gasteiger partial charge in [-0.05, 0) is 24.3 Å². The van der Waals surface area contributed by atoms with Crippen LogP contribution in [0.5, 0.6) is 5.75 Å². The van der Waals surface area contributed by atoms with Crippen LogP contribution < -0.4 is 10.1 Å². The van der Waals surface area contributed by atoms with E-state index in [-0.39, 0.29) is 22.2 Å². The summed E-state index contributed by atoms with van der Waals surface area (Å²) in [5, 5.41) is 2.42. The van der Waals surface area contributed by atoms with Crippen molar-refractivity contribution in [2.24, 2.45) is 0 Å². The van der Waals surface area contributed by atoms with Crippen LogP contribution in [0.25, 0.3) is 0 Å². The van der Waals surface area contributed by atoms with Crippen molar-refractivity contribution in [2.75, 3.05) is 11.9 Å². The first kappa shape index (κ1) is 17.6. The molecule has 0 saturated heterocycles. The molecule has 126 valence electrons. The van der Waals surface area contributed by atoms with Crippen LogP contribution in [0, 0.1) is 0 Å². The van der Waals surface area contributed by atoms with E-state index in [4.69, 9.17) is 16.3 Å². The van der Waals surface area contributed by atoms with Gasteiger partial charge in [-0.2, -0.15) is 8.78 Å². The summed E-state index contributed by atoms with van der Waals surface area (Å²) in [7, 11) is 0. The summed E-state index contributed by atoms with van der Waals surface area (Å²) < 4.78 is 33.7. The number of nitrogens with zero attached hydrogens (tertiary/aromatic N) is 1. The van der Waals surface area contributed by atoms with Crippen LogP contribution in [0.3, 0.4) is 0 Å². The van der Waals surface area contributed by atoms with E-state index in [1.165, 1.54) is 42.6 Å². The van der Waals surface area contributed by atoms with Crippen molar-refractivity contribution in [1.82, 2.24) is 4.98 Å². The molecular weight excluding hydrogens is 346 g/mol. The fourth-order valence-electron chi connectivity index (χ4n) is 1.70. The third-order valence-corrected chi connectivity index (χ3v) is 2.88. The highest BCUT2D eigenvalue weighted by molar-refractivity contribution is 6.29. The maximum Gasteiger partial charge on any atom is 0.387 e. The highest BCUT2D eigenvalue weighted by Gasteiger charge is 2.14. The summed E-state index contributed by atoms with van der Waals surface area (Å²) in [6.07, 6.45) is 1.32. The minimum atomic E-state index is -3.03. The Morgan fingerprint density at radius 2 is 2.00 bits per heavy atom. The Labute approximate surface area is 140 Å². The summed E-state index contributed by atoms with van der Waals surface area (Å²) in [6, 6.07) is 8.30. The van der Waals surface area contributed by atoms with Crippen LogP contribution in [0.4, 0.5) is 14.5 Å². The van der Waals surface area contributed by atoms with Crippen LogP contribution in [0.1, 0.15) is 10.4 Å². The summed E-state index contributed by atoms with van der Waals surface area (Å²) >= 11 is 5.64. The van der Waals surface area contributed by atoms with Gasteiger partial charge in [0.2, 0.25) is 0 Å². The van der Waals surface area contributed by atoms with Crippen LogP contribution in [0.15, 0.2) is 42.6 Å². The van der Waals surface area contributed by atoms with Gasteiger partial charge in [0.1, 0.15) is 10.9 Å². The van der Waals surface area contributed by atoms with Gasteiger partial charge in [0.25, 0.3) is 5.91 Å². The predicted molar refractivity (Wildman–Crippen MR) is 81.2 cm³/mol. The Balaban J connectivity index is 1.93. The summed E-state index contributed by atoms with van der Waals surface area (Å²) in [4.78, 5) is 27.2. The van der Waals surface area contributed by atoms with Gasteiger partial charge in [-0.3, -0.25) is 4.79 Å². The quantitative estimate of drug-likeness (QED) is 0.635. The molecule has 6 nitrogen and oxygen atoms in total. The lowest BCUT2D eigenvalue weighted by molar-refractivity contribution is -0.119. The van der Waals surface area contributed by atoms with Gasteiger partial charge >= 0.3 is 12.6 Å². The highest BCUT2D eigenvalue weighted by atomic mass is 35.5. The van der Waals surface area contributed by atoms with E-state index < -0.39 is 25.1 Å². The number of anilines is 1. The molecule has 2 aromatic rings. The normalized spacial score (nSPS) is 10.3. The molecule has 0 atom stereocenters. The Hall–Kier alpha value is -2.74. The number of carbonyl (C=O) groups excluding carboxylic acids is 2. The number of hydrogen-bond donors (Lipinski definition) is 1. The molecule has 1 aromatic carbocycles. The Bertz CT molecular complexity index is 743. The largest absolute Gasteiger partial charge is 0.452 e. The fourth-order valence-corrected chi connectivity index (χ4v) is 1.87. The number of pyridine rings is 1. The van der Waals surface area contributed by atoms with Gasteiger partial charge in [0.15, 0.2) is 6.61 Å². The fraction of sp³-hybridized carbons (Fsp3) is 0.133. The van der Waals surface area contributed by atoms with Gasteiger partial charge in [-0.15, -0.1) is 0 Å². The van der Waals surface area contributed by atoms with E-state index >= 15 is 0 Å². The molecule has 1 aromatic heterocycles. The van der Waals surface area contributed by atoms with Crippen molar-refractivity contribution in [3.63, 3.8) is 0 Å².